The van der Waals surface area contributed by atoms with Gasteiger partial charge in [0.15, 0.2) is 0 Å². The lowest BCUT2D eigenvalue weighted by Gasteiger charge is -2.17. The van der Waals surface area contributed by atoms with Gasteiger partial charge in [-0.1, -0.05) is 41.7 Å². The number of urea groups is 1. The molecular formula is C15H13N3O6S. The molecular weight excluding hydrogens is 350 g/mol. The van der Waals surface area contributed by atoms with E-state index in [1.165, 1.54) is 19.2 Å². The van der Waals surface area contributed by atoms with Crippen LogP contribution in [0.3, 0.4) is 0 Å². The first-order valence-corrected chi connectivity index (χ1v) is 7.76. The lowest BCUT2D eigenvalue weighted by molar-refractivity contribution is -0.380. The number of nitro groups is 1. The summed E-state index contributed by atoms with van der Waals surface area (Å²) < 4.78 is 5.18. The number of rotatable bonds is 5. The van der Waals surface area contributed by atoms with E-state index in [-0.39, 0.29) is 9.88 Å². The van der Waals surface area contributed by atoms with Crippen LogP contribution in [0.1, 0.15) is 21.3 Å². The number of hydrogen-bond acceptors (Lipinski definition) is 7. The average Bonchev–Trinajstić information content (AvgIpc) is 3.10. The van der Waals surface area contributed by atoms with Gasteiger partial charge in [0.25, 0.3) is 5.91 Å². The molecule has 2 aromatic rings. The summed E-state index contributed by atoms with van der Waals surface area (Å²) in [6.07, 6.45) is -1.38. The van der Waals surface area contributed by atoms with E-state index in [0.717, 1.165) is 0 Å². The molecule has 0 aliphatic carbocycles. The fourth-order valence-corrected chi connectivity index (χ4v) is 2.54. The van der Waals surface area contributed by atoms with Crippen molar-refractivity contribution in [2.24, 2.45) is 0 Å². The lowest BCUT2D eigenvalue weighted by Crippen LogP contribution is -2.41. The number of hydrogen-bond donors (Lipinski definition) is 2. The summed E-state index contributed by atoms with van der Waals surface area (Å²) in [7, 11) is 1.33. The van der Waals surface area contributed by atoms with E-state index in [1.54, 1.807) is 30.3 Å². The SMILES string of the molecule is CNC(=O)NC(=O)[C@@H](OC(=O)c1ccc([N+](=O)[O-])s1)c1ccccc1. The number of benzene rings is 1. The molecule has 10 heteroatoms. The molecule has 0 saturated carbocycles. The van der Waals surface area contributed by atoms with Crippen molar-refractivity contribution in [1.29, 1.82) is 0 Å². The van der Waals surface area contributed by atoms with E-state index in [4.69, 9.17) is 4.74 Å². The van der Waals surface area contributed by atoms with Gasteiger partial charge in [-0.3, -0.25) is 20.2 Å². The van der Waals surface area contributed by atoms with Gasteiger partial charge in [-0.05, 0) is 6.07 Å². The van der Waals surface area contributed by atoms with Crippen LogP contribution in [-0.2, 0) is 9.53 Å². The highest BCUT2D eigenvalue weighted by Crippen LogP contribution is 2.27. The first-order valence-electron chi connectivity index (χ1n) is 6.95. The van der Waals surface area contributed by atoms with Crippen LogP contribution in [0.4, 0.5) is 9.80 Å². The Hall–Kier alpha value is -3.27. The Labute approximate surface area is 145 Å². The predicted molar refractivity (Wildman–Crippen MR) is 88.2 cm³/mol. The normalized spacial score (nSPS) is 11.2. The molecule has 0 aliphatic heterocycles. The molecule has 9 nitrogen and oxygen atoms in total. The van der Waals surface area contributed by atoms with Gasteiger partial charge in [-0.25, -0.2) is 9.59 Å². The largest absolute Gasteiger partial charge is 0.443 e. The van der Waals surface area contributed by atoms with E-state index in [1.807, 2.05) is 5.32 Å². The van der Waals surface area contributed by atoms with Crippen LogP contribution in [0.25, 0.3) is 0 Å². The number of nitrogens with one attached hydrogen (secondary N) is 2. The molecule has 3 amide bonds. The Morgan fingerprint density at radius 3 is 2.40 bits per heavy atom. The van der Waals surface area contributed by atoms with Crippen LogP contribution in [-0.4, -0.2) is 29.9 Å². The molecule has 0 unspecified atom stereocenters. The van der Waals surface area contributed by atoms with Crippen molar-refractivity contribution >= 4 is 34.2 Å². The summed E-state index contributed by atoms with van der Waals surface area (Å²) in [5.41, 5.74) is 0.350. The van der Waals surface area contributed by atoms with Crippen LogP contribution in [0.15, 0.2) is 42.5 Å². The van der Waals surface area contributed by atoms with E-state index in [2.05, 4.69) is 5.32 Å². The quantitative estimate of drug-likeness (QED) is 0.475. The summed E-state index contributed by atoms with van der Waals surface area (Å²) >= 11 is 0.632. The van der Waals surface area contributed by atoms with Gasteiger partial charge in [-0.15, -0.1) is 0 Å². The summed E-state index contributed by atoms with van der Waals surface area (Å²) in [6.45, 7) is 0. The molecule has 0 fully saturated rings. The number of esters is 1. The van der Waals surface area contributed by atoms with Gasteiger partial charge in [0.2, 0.25) is 6.10 Å². The van der Waals surface area contributed by atoms with Crippen molar-refractivity contribution in [3.05, 3.63) is 63.0 Å². The Morgan fingerprint density at radius 2 is 1.84 bits per heavy atom. The van der Waals surface area contributed by atoms with Crippen LogP contribution < -0.4 is 10.6 Å². The third-order valence-electron chi connectivity index (χ3n) is 3.00. The highest BCUT2D eigenvalue weighted by Gasteiger charge is 2.28. The molecule has 0 radical (unpaired) electrons. The Bertz CT molecular complexity index is 805. The summed E-state index contributed by atoms with van der Waals surface area (Å²) in [5, 5.41) is 14.7. The highest BCUT2D eigenvalue weighted by molar-refractivity contribution is 7.17. The van der Waals surface area contributed by atoms with Crippen LogP contribution in [0.2, 0.25) is 0 Å². The van der Waals surface area contributed by atoms with E-state index >= 15 is 0 Å². The number of imide groups is 1. The molecule has 0 spiro atoms. The zero-order valence-electron chi connectivity index (χ0n) is 12.9. The summed E-state index contributed by atoms with van der Waals surface area (Å²) in [6, 6.07) is 9.75. The number of thiophene rings is 1. The highest BCUT2D eigenvalue weighted by atomic mass is 32.1. The fraction of sp³-hybridized carbons (Fsp3) is 0.133. The molecule has 130 valence electrons. The third-order valence-corrected chi connectivity index (χ3v) is 4.02. The summed E-state index contributed by atoms with van der Waals surface area (Å²) in [5.74, 6) is -1.75. The monoisotopic (exact) mass is 363 g/mol. The minimum absolute atomic E-state index is 0.0274. The molecule has 1 aromatic carbocycles. The number of ether oxygens (including phenoxy) is 1. The van der Waals surface area contributed by atoms with Crippen LogP contribution in [0, 0.1) is 10.1 Å². The maximum absolute atomic E-state index is 12.2. The second-order valence-corrected chi connectivity index (χ2v) is 5.72. The Kier molecular flexibility index (Phi) is 5.79. The zero-order valence-corrected chi connectivity index (χ0v) is 13.7. The molecule has 1 atom stereocenters. The molecule has 2 rings (SSSR count). The van der Waals surface area contributed by atoms with Crippen LogP contribution >= 0.6 is 11.3 Å². The molecule has 0 saturated heterocycles. The van der Waals surface area contributed by atoms with Crippen molar-refractivity contribution in [2.45, 2.75) is 6.10 Å². The lowest BCUT2D eigenvalue weighted by atomic mass is 10.1. The maximum atomic E-state index is 12.2. The molecule has 0 aliphatic rings. The van der Waals surface area contributed by atoms with Crippen LogP contribution in [0.5, 0.6) is 0 Å². The first-order chi connectivity index (χ1) is 11.9. The molecule has 1 heterocycles. The smallest absolute Gasteiger partial charge is 0.349 e. The van der Waals surface area contributed by atoms with Gasteiger partial charge in [0, 0.05) is 18.7 Å². The van der Waals surface area contributed by atoms with E-state index in [9.17, 15) is 24.5 Å². The number of carbonyl (C=O) groups is 3. The minimum Gasteiger partial charge on any atom is -0.443 e. The molecule has 2 N–H and O–H groups in total. The molecule has 0 bridgehead atoms. The van der Waals surface area contributed by atoms with Gasteiger partial charge in [0.05, 0.1) is 4.92 Å². The van der Waals surface area contributed by atoms with E-state index < -0.39 is 28.9 Å². The third kappa shape index (κ3) is 4.61. The number of amides is 3. The van der Waals surface area contributed by atoms with E-state index in [0.29, 0.717) is 16.9 Å². The van der Waals surface area contributed by atoms with Gasteiger partial charge in [0.1, 0.15) is 4.88 Å². The van der Waals surface area contributed by atoms with Gasteiger partial charge in [-0.2, -0.15) is 0 Å². The maximum Gasteiger partial charge on any atom is 0.349 e. The van der Waals surface area contributed by atoms with Crippen molar-refractivity contribution in [3.63, 3.8) is 0 Å². The summed E-state index contributed by atoms with van der Waals surface area (Å²) in [4.78, 5) is 45.8. The zero-order chi connectivity index (χ0) is 18.4. The number of carbonyl (C=O) groups excluding carboxylic acids is 3. The van der Waals surface area contributed by atoms with Crippen molar-refractivity contribution < 1.29 is 24.0 Å². The second-order valence-electron chi connectivity index (χ2n) is 4.66. The van der Waals surface area contributed by atoms with Crippen molar-refractivity contribution in [1.82, 2.24) is 10.6 Å². The molecule has 1 aromatic heterocycles. The van der Waals surface area contributed by atoms with Crippen molar-refractivity contribution in [2.75, 3.05) is 7.05 Å². The Morgan fingerprint density at radius 1 is 1.16 bits per heavy atom. The van der Waals surface area contributed by atoms with Crippen molar-refractivity contribution in [3.8, 4) is 0 Å². The number of nitrogens with zero attached hydrogens (tertiary/aromatic N) is 1. The Balaban J connectivity index is 2.23. The predicted octanol–water partition coefficient (Wildman–Crippen LogP) is 2.01. The minimum atomic E-state index is -1.38. The van der Waals surface area contributed by atoms with Gasteiger partial charge >= 0.3 is 17.0 Å². The fourth-order valence-electron chi connectivity index (χ4n) is 1.84. The average molecular weight is 363 g/mol. The second kappa shape index (κ2) is 8.02. The first kappa shape index (κ1) is 18.1. The van der Waals surface area contributed by atoms with Gasteiger partial charge < -0.3 is 10.1 Å². The topological polar surface area (TPSA) is 128 Å². The molecule has 25 heavy (non-hydrogen) atoms. The standard InChI is InChI=1S/C15H13N3O6S/c1-16-15(21)17-13(19)12(9-5-3-2-4-6-9)24-14(20)10-7-8-11(25-10)18(22)23/h2-8,12H,1H3,(H2,16,17,19,21)/t12-/m0/s1.